The maximum Gasteiger partial charge on any atom is 0.391 e. The van der Waals surface area contributed by atoms with Crippen molar-refractivity contribution in [2.24, 2.45) is 5.92 Å². The Morgan fingerprint density at radius 2 is 1.95 bits per heavy atom. The molecule has 0 atom stereocenters. The lowest BCUT2D eigenvalue weighted by molar-refractivity contribution is -0.185. The molecule has 0 radical (unpaired) electrons. The first-order valence-corrected chi connectivity index (χ1v) is 6.44. The minimum atomic E-state index is -4.04. The van der Waals surface area contributed by atoms with Gasteiger partial charge in [-0.2, -0.15) is 13.2 Å². The lowest BCUT2D eigenvalue weighted by atomic mass is 9.96. The molecular formula is C13H18F3N3. The first-order chi connectivity index (χ1) is 8.95. The number of rotatable bonds is 3. The van der Waals surface area contributed by atoms with Crippen molar-refractivity contribution in [2.75, 3.05) is 25.4 Å². The van der Waals surface area contributed by atoms with Gasteiger partial charge in [-0.3, -0.25) is 4.98 Å². The highest BCUT2D eigenvalue weighted by atomic mass is 19.4. The van der Waals surface area contributed by atoms with Gasteiger partial charge >= 0.3 is 6.18 Å². The average Bonchev–Trinajstić information content (AvgIpc) is 2.37. The Bertz CT molecular complexity index is 395. The van der Waals surface area contributed by atoms with Crippen molar-refractivity contribution < 1.29 is 13.2 Å². The maximum atomic E-state index is 12.5. The normalized spacial score (nSPS) is 18.7. The number of nitrogen functional groups attached to an aromatic ring is 1. The largest absolute Gasteiger partial charge is 0.397 e. The zero-order chi connectivity index (χ0) is 13.9. The van der Waals surface area contributed by atoms with E-state index in [-0.39, 0.29) is 12.8 Å². The fourth-order valence-electron chi connectivity index (χ4n) is 2.34. The minimum absolute atomic E-state index is 0.207. The molecule has 0 saturated carbocycles. The van der Waals surface area contributed by atoms with Gasteiger partial charge in [-0.1, -0.05) is 0 Å². The summed E-state index contributed by atoms with van der Waals surface area (Å²) in [5, 5.41) is 0. The number of anilines is 1. The van der Waals surface area contributed by atoms with Crippen LogP contribution in [0.25, 0.3) is 0 Å². The molecule has 0 amide bonds. The molecule has 3 nitrogen and oxygen atoms in total. The summed E-state index contributed by atoms with van der Waals surface area (Å²) < 4.78 is 37.5. The number of nitrogens with two attached hydrogens (primary N) is 1. The Kier molecular flexibility index (Phi) is 4.29. The number of alkyl halides is 3. The second-order valence-corrected chi connectivity index (χ2v) is 4.99. The van der Waals surface area contributed by atoms with E-state index in [1.165, 1.54) is 0 Å². The zero-order valence-electron chi connectivity index (χ0n) is 10.7. The van der Waals surface area contributed by atoms with Crippen molar-refractivity contribution in [1.29, 1.82) is 0 Å². The van der Waals surface area contributed by atoms with Crippen molar-refractivity contribution >= 4 is 5.69 Å². The van der Waals surface area contributed by atoms with E-state index in [2.05, 4.69) is 9.88 Å². The number of nitrogens with zero attached hydrogens (tertiary/aromatic N) is 2. The molecule has 2 N–H and O–H groups in total. The maximum absolute atomic E-state index is 12.5. The molecule has 1 aromatic heterocycles. The first kappa shape index (κ1) is 14.1. The third-order valence-electron chi connectivity index (χ3n) is 3.58. The Morgan fingerprint density at radius 3 is 2.47 bits per heavy atom. The van der Waals surface area contributed by atoms with Crippen LogP contribution in [0.5, 0.6) is 0 Å². The van der Waals surface area contributed by atoms with Gasteiger partial charge in [-0.05, 0) is 38.1 Å². The van der Waals surface area contributed by atoms with Gasteiger partial charge in [-0.25, -0.2) is 0 Å². The molecule has 0 aromatic carbocycles. The van der Waals surface area contributed by atoms with E-state index in [4.69, 9.17) is 5.73 Å². The van der Waals surface area contributed by atoms with Crippen LogP contribution in [0.4, 0.5) is 18.9 Å². The molecule has 0 bridgehead atoms. The number of hydrogen-bond acceptors (Lipinski definition) is 3. The Balaban J connectivity index is 1.75. The lowest BCUT2D eigenvalue weighted by Gasteiger charge is -2.32. The van der Waals surface area contributed by atoms with Gasteiger partial charge in [0, 0.05) is 18.7 Å². The van der Waals surface area contributed by atoms with Gasteiger partial charge in [0.05, 0.1) is 17.8 Å². The summed E-state index contributed by atoms with van der Waals surface area (Å²) in [6, 6.07) is 3.65. The Labute approximate surface area is 110 Å². The smallest absolute Gasteiger partial charge is 0.391 e. The van der Waals surface area contributed by atoms with Gasteiger partial charge in [0.1, 0.15) is 0 Å². The van der Waals surface area contributed by atoms with Gasteiger partial charge in [0.25, 0.3) is 0 Å². The van der Waals surface area contributed by atoms with Crippen LogP contribution in [0.2, 0.25) is 0 Å². The third-order valence-corrected chi connectivity index (χ3v) is 3.58. The van der Waals surface area contributed by atoms with Crippen molar-refractivity contribution in [3.05, 3.63) is 24.0 Å². The van der Waals surface area contributed by atoms with Gasteiger partial charge in [-0.15, -0.1) is 0 Å². The minimum Gasteiger partial charge on any atom is -0.397 e. The van der Waals surface area contributed by atoms with Crippen LogP contribution < -0.4 is 5.73 Å². The molecule has 2 rings (SSSR count). The number of halogens is 3. The average molecular weight is 273 g/mol. The summed E-state index contributed by atoms with van der Waals surface area (Å²) in [6.07, 6.45) is -1.27. The van der Waals surface area contributed by atoms with Crippen LogP contribution in [0.1, 0.15) is 18.5 Å². The summed E-state index contributed by atoms with van der Waals surface area (Å²) in [7, 11) is 0. The molecule has 0 unspecified atom stereocenters. The first-order valence-electron chi connectivity index (χ1n) is 6.44. The number of hydrogen-bond donors (Lipinski definition) is 1. The summed E-state index contributed by atoms with van der Waals surface area (Å²) in [5.41, 5.74) is 7.09. The number of pyridine rings is 1. The molecule has 6 heteroatoms. The van der Waals surface area contributed by atoms with E-state index in [0.29, 0.717) is 18.8 Å². The van der Waals surface area contributed by atoms with Crippen LogP contribution in [0.15, 0.2) is 18.3 Å². The molecule has 1 aliphatic heterocycles. The molecule has 0 spiro atoms. The van der Waals surface area contributed by atoms with Crippen LogP contribution in [0.3, 0.4) is 0 Å². The Hall–Kier alpha value is -1.30. The lowest BCUT2D eigenvalue weighted by Crippen LogP contribution is -2.39. The molecule has 1 fully saturated rings. The highest BCUT2D eigenvalue weighted by Gasteiger charge is 2.40. The summed E-state index contributed by atoms with van der Waals surface area (Å²) in [4.78, 5) is 6.25. The monoisotopic (exact) mass is 273 g/mol. The van der Waals surface area contributed by atoms with E-state index < -0.39 is 12.1 Å². The van der Waals surface area contributed by atoms with E-state index in [0.717, 1.165) is 18.7 Å². The van der Waals surface area contributed by atoms with E-state index in [9.17, 15) is 13.2 Å². The van der Waals surface area contributed by atoms with Gasteiger partial charge < -0.3 is 10.6 Å². The standard InChI is InChI=1S/C13H18F3N3/c14-13(15,16)10-3-6-19(7-4-10)8-5-12-2-1-11(17)9-18-12/h1-2,9-10H,3-8,17H2. The fourth-order valence-corrected chi connectivity index (χ4v) is 2.34. The van der Waals surface area contributed by atoms with Gasteiger partial charge in [0.15, 0.2) is 0 Å². The predicted molar refractivity (Wildman–Crippen MR) is 67.6 cm³/mol. The predicted octanol–water partition coefficient (Wildman–Crippen LogP) is 2.48. The fraction of sp³-hybridized carbons (Fsp3) is 0.615. The summed E-state index contributed by atoms with van der Waals surface area (Å²) >= 11 is 0. The highest BCUT2D eigenvalue weighted by Crippen LogP contribution is 2.33. The molecule has 19 heavy (non-hydrogen) atoms. The van der Waals surface area contributed by atoms with Crippen LogP contribution in [0, 0.1) is 5.92 Å². The Morgan fingerprint density at radius 1 is 1.26 bits per heavy atom. The van der Waals surface area contributed by atoms with Crippen LogP contribution >= 0.6 is 0 Å². The van der Waals surface area contributed by atoms with E-state index in [1.807, 2.05) is 6.07 Å². The number of aromatic nitrogens is 1. The number of likely N-dealkylation sites (tertiary alicyclic amines) is 1. The molecular weight excluding hydrogens is 255 g/mol. The van der Waals surface area contributed by atoms with E-state index >= 15 is 0 Å². The molecule has 0 aliphatic carbocycles. The summed E-state index contributed by atoms with van der Waals surface area (Å²) in [5.74, 6) is -1.13. The van der Waals surface area contributed by atoms with Crippen molar-refractivity contribution in [1.82, 2.24) is 9.88 Å². The zero-order valence-corrected chi connectivity index (χ0v) is 10.7. The second-order valence-electron chi connectivity index (χ2n) is 4.99. The SMILES string of the molecule is Nc1ccc(CCN2CCC(C(F)(F)F)CC2)nc1. The molecule has 106 valence electrons. The quantitative estimate of drug-likeness (QED) is 0.920. The van der Waals surface area contributed by atoms with Gasteiger partial charge in [0.2, 0.25) is 0 Å². The molecule has 1 aliphatic rings. The highest BCUT2D eigenvalue weighted by molar-refractivity contribution is 5.34. The molecule has 1 aromatic rings. The topological polar surface area (TPSA) is 42.1 Å². The molecule has 1 saturated heterocycles. The third kappa shape index (κ3) is 4.09. The van der Waals surface area contributed by atoms with Crippen LogP contribution in [-0.4, -0.2) is 35.7 Å². The number of piperidine rings is 1. The van der Waals surface area contributed by atoms with Crippen molar-refractivity contribution in [3.63, 3.8) is 0 Å². The summed E-state index contributed by atoms with van der Waals surface area (Å²) in [6.45, 7) is 1.78. The van der Waals surface area contributed by atoms with Crippen molar-refractivity contribution in [3.8, 4) is 0 Å². The second kappa shape index (κ2) is 5.77. The van der Waals surface area contributed by atoms with Crippen molar-refractivity contribution in [2.45, 2.75) is 25.4 Å². The molecule has 2 heterocycles. The van der Waals surface area contributed by atoms with E-state index in [1.54, 1.807) is 12.3 Å². The van der Waals surface area contributed by atoms with Crippen LogP contribution in [-0.2, 0) is 6.42 Å².